The highest BCUT2D eigenvalue weighted by Gasteiger charge is 2.16. The van der Waals surface area contributed by atoms with Crippen molar-refractivity contribution in [2.45, 2.75) is 6.92 Å². The first-order chi connectivity index (χ1) is 6.56. The number of nitriles is 1. The highest BCUT2D eigenvalue weighted by atomic mass is 35.5. The molecule has 1 rings (SSSR count). The lowest BCUT2D eigenvalue weighted by Crippen LogP contribution is -2.01. The van der Waals surface area contributed by atoms with Crippen LogP contribution >= 0.6 is 22.9 Å². The van der Waals surface area contributed by atoms with Gasteiger partial charge in [-0.2, -0.15) is 5.26 Å². The topological polar surface area (TPSA) is 61.1 Å². The van der Waals surface area contributed by atoms with Gasteiger partial charge in [-0.05, 0) is 19.1 Å². The Hall–Kier alpha value is -1.31. The number of halogens is 1. The molecule has 0 amide bonds. The van der Waals surface area contributed by atoms with Crippen LogP contribution < -0.4 is 0 Å². The monoisotopic (exact) mass is 227 g/mol. The summed E-state index contributed by atoms with van der Waals surface area (Å²) in [5.41, 5.74) is -0.247. The van der Waals surface area contributed by atoms with Crippen molar-refractivity contribution in [2.24, 2.45) is 0 Å². The van der Waals surface area contributed by atoms with Gasteiger partial charge in [0.05, 0.1) is 9.21 Å². The zero-order valence-corrected chi connectivity index (χ0v) is 8.82. The van der Waals surface area contributed by atoms with Crippen molar-refractivity contribution in [3.63, 3.8) is 0 Å². The van der Waals surface area contributed by atoms with E-state index in [9.17, 15) is 4.79 Å². The molecule has 3 nitrogen and oxygen atoms in total. The maximum absolute atomic E-state index is 11.5. The first-order valence-electron chi connectivity index (χ1n) is 3.66. The van der Waals surface area contributed by atoms with E-state index in [4.69, 9.17) is 22.0 Å². The maximum Gasteiger partial charge on any atom is 0.216 e. The smallest absolute Gasteiger partial charge is 0.216 e. The zero-order valence-electron chi connectivity index (χ0n) is 7.24. The van der Waals surface area contributed by atoms with Crippen LogP contribution in [0.15, 0.2) is 23.5 Å². The van der Waals surface area contributed by atoms with Crippen molar-refractivity contribution in [2.75, 3.05) is 0 Å². The molecular formula is C9H6ClNO2S. The summed E-state index contributed by atoms with van der Waals surface area (Å²) >= 11 is 6.71. The van der Waals surface area contributed by atoms with Crippen LogP contribution in [0.2, 0.25) is 4.34 Å². The fourth-order valence-corrected chi connectivity index (χ4v) is 1.84. The van der Waals surface area contributed by atoms with Gasteiger partial charge >= 0.3 is 0 Å². The number of carbonyl (C=O) groups excluding carboxylic acids is 1. The Balaban J connectivity index is 3.09. The molecule has 5 heteroatoms. The van der Waals surface area contributed by atoms with Crippen LogP contribution in [-0.4, -0.2) is 10.9 Å². The summed E-state index contributed by atoms with van der Waals surface area (Å²) in [5.74, 6) is -0.772. The van der Waals surface area contributed by atoms with Gasteiger partial charge in [-0.1, -0.05) is 11.6 Å². The normalized spacial score (nSPS) is 11.8. The second kappa shape index (κ2) is 4.27. The third-order valence-corrected chi connectivity index (χ3v) is 2.73. The molecule has 0 spiro atoms. The van der Waals surface area contributed by atoms with Crippen molar-refractivity contribution in [1.82, 2.24) is 0 Å². The molecule has 72 valence electrons. The van der Waals surface area contributed by atoms with E-state index in [0.717, 1.165) is 11.3 Å². The Labute approximate surface area is 89.9 Å². The maximum atomic E-state index is 11.5. The molecule has 0 aliphatic carbocycles. The summed E-state index contributed by atoms with van der Waals surface area (Å²) in [6.45, 7) is 1.30. The van der Waals surface area contributed by atoms with E-state index in [-0.39, 0.29) is 11.3 Å². The van der Waals surface area contributed by atoms with Crippen LogP contribution in [0.5, 0.6) is 0 Å². The van der Waals surface area contributed by atoms with Crippen molar-refractivity contribution in [3.8, 4) is 6.07 Å². The second-order valence-electron chi connectivity index (χ2n) is 2.51. The number of hydrogen-bond acceptors (Lipinski definition) is 4. The first kappa shape index (κ1) is 10.8. The molecule has 1 aromatic rings. The van der Waals surface area contributed by atoms with Gasteiger partial charge in [0, 0.05) is 0 Å². The number of carbonyl (C=O) groups is 1. The van der Waals surface area contributed by atoms with E-state index >= 15 is 0 Å². The number of rotatable bonds is 2. The standard InChI is InChI=1S/C9H6ClNO2S/c1-5(12)6(4-11)9(13)7-2-3-8(10)14-7/h2-3,12H,1H3. The van der Waals surface area contributed by atoms with Crippen molar-refractivity contribution in [1.29, 1.82) is 5.26 Å². The highest BCUT2D eigenvalue weighted by Crippen LogP contribution is 2.24. The molecule has 0 aliphatic heterocycles. The van der Waals surface area contributed by atoms with Gasteiger partial charge in [0.25, 0.3) is 0 Å². The largest absolute Gasteiger partial charge is 0.511 e. The van der Waals surface area contributed by atoms with Gasteiger partial charge in [-0.15, -0.1) is 11.3 Å². The SMILES string of the molecule is CC(O)=C(C#N)C(=O)c1ccc(Cl)s1. The van der Waals surface area contributed by atoms with E-state index in [1.165, 1.54) is 13.0 Å². The van der Waals surface area contributed by atoms with E-state index in [0.29, 0.717) is 9.21 Å². The summed E-state index contributed by atoms with van der Waals surface area (Å²) in [4.78, 5) is 11.9. The summed E-state index contributed by atoms with van der Waals surface area (Å²) < 4.78 is 0.473. The molecule has 0 saturated heterocycles. The molecule has 0 atom stereocenters. The summed E-state index contributed by atoms with van der Waals surface area (Å²) in [6.07, 6.45) is 0. The molecule has 14 heavy (non-hydrogen) atoms. The third-order valence-electron chi connectivity index (χ3n) is 1.50. The van der Waals surface area contributed by atoms with Gasteiger partial charge in [0.2, 0.25) is 5.78 Å². The van der Waals surface area contributed by atoms with Crippen LogP contribution in [0, 0.1) is 11.3 Å². The fourth-order valence-electron chi connectivity index (χ4n) is 0.856. The molecule has 1 heterocycles. The van der Waals surface area contributed by atoms with Gasteiger partial charge < -0.3 is 5.11 Å². The number of allylic oxidation sites excluding steroid dienone is 2. The van der Waals surface area contributed by atoms with E-state index in [1.807, 2.05) is 0 Å². The molecule has 0 fully saturated rings. The minimum Gasteiger partial charge on any atom is -0.511 e. The van der Waals surface area contributed by atoms with Gasteiger partial charge in [-0.3, -0.25) is 4.79 Å². The number of aliphatic hydroxyl groups excluding tert-OH is 1. The molecule has 1 N–H and O–H groups in total. The van der Waals surface area contributed by atoms with Crippen molar-refractivity contribution in [3.05, 3.63) is 32.7 Å². The van der Waals surface area contributed by atoms with E-state index in [2.05, 4.69) is 0 Å². The molecule has 0 bridgehead atoms. The van der Waals surface area contributed by atoms with Crippen molar-refractivity contribution < 1.29 is 9.90 Å². The quantitative estimate of drug-likeness (QED) is 0.366. The lowest BCUT2D eigenvalue weighted by Gasteiger charge is -1.95. The Morgan fingerprint density at radius 1 is 1.64 bits per heavy atom. The van der Waals surface area contributed by atoms with E-state index in [1.54, 1.807) is 12.1 Å². The molecule has 0 radical (unpaired) electrons. The summed E-state index contributed by atoms with van der Waals surface area (Å²) in [6, 6.07) is 4.75. The number of ketones is 1. The fraction of sp³-hybridized carbons (Fsp3) is 0.111. The molecule has 0 saturated carbocycles. The van der Waals surface area contributed by atoms with Crippen LogP contribution in [0.3, 0.4) is 0 Å². The predicted molar refractivity (Wildman–Crippen MR) is 54.6 cm³/mol. The Morgan fingerprint density at radius 2 is 2.29 bits per heavy atom. The van der Waals surface area contributed by atoms with Crippen LogP contribution in [0.25, 0.3) is 0 Å². The number of aliphatic hydroxyl groups is 1. The molecule has 0 aromatic carbocycles. The summed E-state index contributed by atoms with van der Waals surface area (Å²) in [7, 11) is 0. The average Bonchev–Trinajstić information content (AvgIpc) is 2.52. The van der Waals surface area contributed by atoms with E-state index < -0.39 is 5.78 Å². The predicted octanol–water partition coefficient (Wildman–Crippen LogP) is 2.94. The highest BCUT2D eigenvalue weighted by molar-refractivity contribution is 7.18. The van der Waals surface area contributed by atoms with Crippen LogP contribution in [-0.2, 0) is 0 Å². The Morgan fingerprint density at radius 3 is 2.64 bits per heavy atom. The lowest BCUT2D eigenvalue weighted by molar-refractivity contribution is 0.103. The molecular weight excluding hydrogens is 222 g/mol. The molecule has 1 aromatic heterocycles. The average molecular weight is 228 g/mol. The minimum absolute atomic E-state index is 0.247. The molecule has 0 aliphatic rings. The van der Waals surface area contributed by atoms with Gasteiger partial charge in [0.1, 0.15) is 17.4 Å². The molecule has 0 unspecified atom stereocenters. The van der Waals surface area contributed by atoms with Crippen LogP contribution in [0.1, 0.15) is 16.6 Å². The van der Waals surface area contributed by atoms with Gasteiger partial charge in [0.15, 0.2) is 0 Å². The first-order valence-corrected chi connectivity index (χ1v) is 4.85. The minimum atomic E-state index is -0.496. The Kier molecular flexibility index (Phi) is 3.28. The third kappa shape index (κ3) is 2.13. The van der Waals surface area contributed by atoms with Crippen LogP contribution in [0.4, 0.5) is 0 Å². The number of Topliss-reactive ketones (excluding diaryl/α,β-unsaturated/α-hetero) is 1. The number of thiophene rings is 1. The number of nitrogens with zero attached hydrogens (tertiary/aromatic N) is 1. The number of hydrogen-bond donors (Lipinski definition) is 1. The Bertz CT molecular complexity index is 438. The van der Waals surface area contributed by atoms with Crippen molar-refractivity contribution >= 4 is 28.7 Å². The van der Waals surface area contributed by atoms with Gasteiger partial charge in [-0.25, -0.2) is 0 Å². The second-order valence-corrected chi connectivity index (χ2v) is 4.22. The lowest BCUT2D eigenvalue weighted by atomic mass is 10.1. The summed E-state index contributed by atoms with van der Waals surface area (Å²) in [5, 5.41) is 17.7. The zero-order chi connectivity index (χ0) is 10.7.